The van der Waals surface area contributed by atoms with E-state index in [1.165, 1.54) is 5.56 Å². The van der Waals surface area contributed by atoms with E-state index in [0.717, 1.165) is 24.1 Å². The van der Waals surface area contributed by atoms with Gasteiger partial charge in [-0.1, -0.05) is 24.3 Å². The summed E-state index contributed by atoms with van der Waals surface area (Å²) in [5.41, 5.74) is 3.14. The summed E-state index contributed by atoms with van der Waals surface area (Å²) >= 11 is 4.97. The van der Waals surface area contributed by atoms with E-state index in [1.54, 1.807) is 0 Å². The Morgan fingerprint density at radius 1 is 1.45 bits per heavy atom. The van der Waals surface area contributed by atoms with Gasteiger partial charge in [0.2, 0.25) is 0 Å². The number of carbonyl (C=O) groups excluding carboxylic acids is 1. The van der Waals surface area contributed by atoms with Crippen LogP contribution in [0.4, 0.5) is 0 Å². The Hall–Kier alpha value is -1.75. The Morgan fingerprint density at radius 3 is 3.05 bits per heavy atom. The average Bonchev–Trinajstić information content (AvgIpc) is 2.82. The molecule has 2 unspecified atom stereocenters. The highest BCUT2D eigenvalue weighted by Gasteiger charge is 2.31. The lowest BCUT2D eigenvalue weighted by Crippen LogP contribution is -2.41. The molecular weight excluding hydrogens is 272 g/mol. The molecule has 1 aromatic carbocycles. The molecule has 0 spiro atoms. The maximum absolute atomic E-state index is 12.3. The molecule has 0 radical (unpaired) electrons. The van der Waals surface area contributed by atoms with Gasteiger partial charge in [0.1, 0.15) is 12.0 Å². The van der Waals surface area contributed by atoms with E-state index < -0.39 is 0 Å². The molecule has 0 saturated heterocycles. The summed E-state index contributed by atoms with van der Waals surface area (Å²) in [6, 6.07) is 8.14. The van der Waals surface area contributed by atoms with Crippen molar-refractivity contribution in [3.8, 4) is 0 Å². The van der Waals surface area contributed by atoms with Crippen molar-refractivity contribution >= 4 is 29.0 Å². The van der Waals surface area contributed by atoms with Gasteiger partial charge < -0.3 is 10.1 Å². The van der Waals surface area contributed by atoms with Gasteiger partial charge in [-0.3, -0.25) is 4.79 Å². The van der Waals surface area contributed by atoms with E-state index in [4.69, 9.17) is 17.0 Å². The lowest BCUT2D eigenvalue weighted by Gasteiger charge is -2.23. The third kappa shape index (κ3) is 2.45. The molecule has 104 valence electrons. The van der Waals surface area contributed by atoms with Crippen LogP contribution in [0.25, 0.3) is 0 Å². The fourth-order valence-electron chi connectivity index (χ4n) is 2.73. The molecule has 1 aliphatic carbocycles. The highest BCUT2D eigenvalue weighted by atomic mass is 32.1. The van der Waals surface area contributed by atoms with Gasteiger partial charge in [0, 0.05) is 12.3 Å². The van der Waals surface area contributed by atoms with Crippen molar-refractivity contribution in [2.24, 2.45) is 10.9 Å². The van der Waals surface area contributed by atoms with Crippen LogP contribution in [-0.2, 0) is 16.0 Å². The zero-order chi connectivity index (χ0) is 14.1. The minimum atomic E-state index is -0.338. The van der Waals surface area contributed by atoms with E-state index >= 15 is 0 Å². The van der Waals surface area contributed by atoms with Crippen molar-refractivity contribution in [1.29, 1.82) is 0 Å². The Bertz CT molecular complexity index is 597. The van der Waals surface area contributed by atoms with Crippen LogP contribution in [0, 0.1) is 5.92 Å². The van der Waals surface area contributed by atoms with E-state index in [1.807, 2.05) is 25.1 Å². The second-order valence-electron chi connectivity index (χ2n) is 5.15. The molecule has 2 atom stereocenters. The van der Waals surface area contributed by atoms with Crippen molar-refractivity contribution in [1.82, 2.24) is 5.32 Å². The van der Waals surface area contributed by atoms with Crippen molar-refractivity contribution in [2.75, 3.05) is 6.54 Å². The molecule has 1 aliphatic heterocycles. The number of thiocarbonyl (C=S) groups is 1. The monoisotopic (exact) mass is 288 g/mol. The minimum Gasteiger partial charge on any atom is -0.457 e. The van der Waals surface area contributed by atoms with Gasteiger partial charge in [0.15, 0.2) is 5.11 Å². The number of nitrogens with one attached hydrogen (secondary N) is 1. The molecule has 2 aliphatic rings. The highest BCUT2D eigenvalue weighted by molar-refractivity contribution is 7.80. The number of aryl methyl sites for hydroxylation is 1. The first kappa shape index (κ1) is 13.2. The molecule has 1 heterocycles. The topological polar surface area (TPSA) is 50.7 Å². The zero-order valence-corrected chi connectivity index (χ0v) is 12.1. The van der Waals surface area contributed by atoms with Crippen LogP contribution in [-0.4, -0.2) is 23.3 Å². The average molecular weight is 288 g/mol. The van der Waals surface area contributed by atoms with Crippen molar-refractivity contribution < 1.29 is 9.53 Å². The third-order valence-corrected chi connectivity index (χ3v) is 4.10. The lowest BCUT2D eigenvalue weighted by atomic mass is 10.0. The number of rotatable bonds is 2. The second-order valence-corrected chi connectivity index (χ2v) is 5.54. The van der Waals surface area contributed by atoms with Crippen molar-refractivity contribution in [2.45, 2.75) is 25.9 Å². The first-order chi connectivity index (χ1) is 9.65. The van der Waals surface area contributed by atoms with Crippen LogP contribution in [0.5, 0.6) is 0 Å². The van der Waals surface area contributed by atoms with Crippen LogP contribution in [0.3, 0.4) is 0 Å². The van der Waals surface area contributed by atoms with Gasteiger partial charge in [-0.25, -0.2) is 4.99 Å². The Labute approximate surface area is 123 Å². The molecule has 4 nitrogen and oxygen atoms in total. The quantitative estimate of drug-likeness (QED) is 0.669. The van der Waals surface area contributed by atoms with E-state index in [2.05, 4.69) is 16.4 Å². The normalized spacial score (nSPS) is 24.6. The zero-order valence-electron chi connectivity index (χ0n) is 11.3. The number of benzene rings is 1. The van der Waals surface area contributed by atoms with Crippen LogP contribution in [0.1, 0.15) is 30.6 Å². The molecule has 0 saturated carbocycles. The molecule has 1 N–H and O–H groups in total. The number of fused-ring (bicyclic) bond motifs is 1. The van der Waals surface area contributed by atoms with Crippen molar-refractivity contribution in [3.63, 3.8) is 0 Å². The predicted octanol–water partition coefficient (Wildman–Crippen LogP) is 2.18. The fraction of sp³-hybridized carbons (Fsp3) is 0.400. The van der Waals surface area contributed by atoms with Crippen LogP contribution in [0.2, 0.25) is 0 Å². The minimum absolute atomic E-state index is 0.125. The SMILES string of the molecule is CC1=NC(=S)NCC1C(=O)OC1CCc2ccccc21. The maximum Gasteiger partial charge on any atom is 0.317 e. The van der Waals surface area contributed by atoms with Gasteiger partial charge in [0.05, 0.1) is 0 Å². The predicted molar refractivity (Wildman–Crippen MR) is 80.8 cm³/mol. The number of ether oxygens (including phenoxy) is 1. The summed E-state index contributed by atoms with van der Waals surface area (Å²) in [4.78, 5) is 16.4. The van der Waals surface area contributed by atoms with Gasteiger partial charge in [-0.15, -0.1) is 0 Å². The molecule has 0 amide bonds. The Balaban J connectivity index is 1.72. The van der Waals surface area contributed by atoms with Crippen LogP contribution < -0.4 is 5.32 Å². The summed E-state index contributed by atoms with van der Waals surface area (Å²) in [5, 5.41) is 3.37. The highest BCUT2D eigenvalue weighted by Crippen LogP contribution is 2.34. The Kier molecular flexibility index (Phi) is 3.53. The number of hydrogen-bond donors (Lipinski definition) is 1. The number of nitrogens with zero attached hydrogens (tertiary/aromatic N) is 1. The smallest absolute Gasteiger partial charge is 0.317 e. The molecule has 0 fully saturated rings. The summed E-state index contributed by atoms with van der Waals surface area (Å²) < 4.78 is 5.68. The third-order valence-electron chi connectivity index (χ3n) is 3.86. The number of carbonyl (C=O) groups is 1. The van der Waals surface area contributed by atoms with Gasteiger partial charge in [-0.2, -0.15) is 0 Å². The number of esters is 1. The summed E-state index contributed by atoms with van der Waals surface area (Å²) in [5.74, 6) is -0.558. The molecule has 0 aromatic heterocycles. The van der Waals surface area contributed by atoms with Gasteiger partial charge in [-0.05, 0) is 43.1 Å². The van der Waals surface area contributed by atoms with Crippen LogP contribution in [0.15, 0.2) is 29.3 Å². The Morgan fingerprint density at radius 2 is 2.25 bits per heavy atom. The van der Waals surface area contributed by atoms with E-state index in [9.17, 15) is 4.79 Å². The molecule has 5 heteroatoms. The first-order valence-electron chi connectivity index (χ1n) is 6.76. The van der Waals surface area contributed by atoms with Gasteiger partial charge in [0.25, 0.3) is 0 Å². The van der Waals surface area contributed by atoms with E-state index in [0.29, 0.717) is 11.7 Å². The van der Waals surface area contributed by atoms with E-state index in [-0.39, 0.29) is 18.0 Å². The summed E-state index contributed by atoms with van der Waals surface area (Å²) in [6.45, 7) is 2.29. The molecule has 3 rings (SSSR count). The molecular formula is C15H16N2O2S. The lowest BCUT2D eigenvalue weighted by molar-refractivity contribution is -0.151. The largest absolute Gasteiger partial charge is 0.457 e. The molecule has 1 aromatic rings. The maximum atomic E-state index is 12.3. The first-order valence-corrected chi connectivity index (χ1v) is 7.17. The summed E-state index contributed by atoms with van der Waals surface area (Å²) in [6.07, 6.45) is 1.70. The van der Waals surface area contributed by atoms with Crippen molar-refractivity contribution in [3.05, 3.63) is 35.4 Å². The fourth-order valence-corrected chi connectivity index (χ4v) is 2.96. The molecule has 0 bridgehead atoms. The van der Waals surface area contributed by atoms with Crippen LogP contribution >= 0.6 is 12.2 Å². The number of hydrogen-bond acceptors (Lipinski definition) is 3. The standard InChI is InChI=1S/C15H16N2O2S/c1-9-12(8-16-15(20)17-9)14(18)19-13-7-6-10-4-2-3-5-11(10)13/h2-5,12-13H,6-8H2,1H3,(H,16,20). The summed E-state index contributed by atoms with van der Waals surface area (Å²) in [7, 11) is 0. The second kappa shape index (κ2) is 5.32. The number of aliphatic imine (C=N–C) groups is 1. The molecule has 20 heavy (non-hydrogen) atoms. The van der Waals surface area contributed by atoms with Gasteiger partial charge >= 0.3 is 5.97 Å².